The summed E-state index contributed by atoms with van der Waals surface area (Å²) < 4.78 is 52.6. The van der Waals surface area contributed by atoms with Crippen molar-refractivity contribution in [3.8, 4) is 0 Å². The molecule has 2 N–H and O–H groups in total. The van der Waals surface area contributed by atoms with Gasteiger partial charge in [0.2, 0.25) is 5.91 Å². The standard InChI is InChI=1S/C25H27Cl2F4N5O2/c26-18-12-21(22(13-19(18)27)36-9-7-34(8-10-36)5-3-25(29,30)31)33-24(38)17-2-1-16(11-20(17)28)14-35-6-4-32-23(37)15-35/h1-2,11-13H,3-10,14-15H2,(H,32,37)(H,33,38). The molecule has 0 saturated carbocycles. The van der Waals surface area contributed by atoms with Crippen LogP contribution in [-0.4, -0.2) is 80.1 Å². The first-order chi connectivity index (χ1) is 18.0. The molecular weight excluding hydrogens is 549 g/mol. The van der Waals surface area contributed by atoms with Crippen LogP contribution in [-0.2, 0) is 11.3 Å². The molecule has 2 fully saturated rings. The van der Waals surface area contributed by atoms with E-state index in [2.05, 4.69) is 10.6 Å². The van der Waals surface area contributed by atoms with E-state index in [1.54, 1.807) is 17.0 Å². The maximum Gasteiger partial charge on any atom is 0.390 e. The number of halogens is 6. The first kappa shape index (κ1) is 28.4. The van der Waals surface area contributed by atoms with E-state index in [1.807, 2.05) is 9.80 Å². The number of nitrogens with zero attached hydrogens (tertiary/aromatic N) is 3. The van der Waals surface area contributed by atoms with Gasteiger partial charge in [0.1, 0.15) is 5.82 Å². The minimum Gasteiger partial charge on any atom is -0.367 e. The SMILES string of the molecule is O=C1CN(Cc2ccc(C(=O)Nc3cc(Cl)c(Cl)cc3N3CCN(CCC(F)(F)F)CC3)c(F)c2)CCN1. The fourth-order valence-electron chi connectivity index (χ4n) is 4.51. The molecule has 4 rings (SSSR count). The second kappa shape index (κ2) is 12.1. The van der Waals surface area contributed by atoms with Gasteiger partial charge in [0.25, 0.3) is 5.91 Å². The molecule has 0 atom stereocenters. The lowest BCUT2D eigenvalue weighted by Crippen LogP contribution is -2.47. The average Bonchev–Trinajstić information content (AvgIpc) is 2.85. The maximum absolute atomic E-state index is 14.9. The topological polar surface area (TPSA) is 67.9 Å². The largest absolute Gasteiger partial charge is 0.390 e. The summed E-state index contributed by atoms with van der Waals surface area (Å²) in [6.07, 6.45) is -5.09. The zero-order valence-corrected chi connectivity index (χ0v) is 21.9. The monoisotopic (exact) mass is 575 g/mol. The zero-order chi connectivity index (χ0) is 27.4. The third kappa shape index (κ3) is 7.49. The van der Waals surface area contributed by atoms with Gasteiger partial charge in [-0.25, -0.2) is 4.39 Å². The molecule has 0 bridgehead atoms. The Morgan fingerprint density at radius 1 is 1.00 bits per heavy atom. The number of carbonyl (C=O) groups excluding carboxylic acids is 2. The summed E-state index contributed by atoms with van der Waals surface area (Å²) in [5.74, 6) is -1.48. The first-order valence-electron chi connectivity index (χ1n) is 12.1. The van der Waals surface area contributed by atoms with Crippen molar-refractivity contribution in [2.24, 2.45) is 0 Å². The zero-order valence-electron chi connectivity index (χ0n) is 20.4. The Hall–Kier alpha value is -2.60. The molecule has 2 heterocycles. The highest BCUT2D eigenvalue weighted by atomic mass is 35.5. The van der Waals surface area contributed by atoms with Crippen molar-refractivity contribution in [3.05, 3.63) is 57.3 Å². The smallest absolute Gasteiger partial charge is 0.367 e. The van der Waals surface area contributed by atoms with E-state index in [0.717, 1.165) is 0 Å². The average molecular weight is 576 g/mol. The summed E-state index contributed by atoms with van der Waals surface area (Å²) >= 11 is 12.4. The van der Waals surface area contributed by atoms with Gasteiger partial charge in [0.05, 0.1) is 39.9 Å². The normalized spacial score (nSPS) is 17.4. The Morgan fingerprint density at radius 3 is 2.37 bits per heavy atom. The van der Waals surface area contributed by atoms with Crippen LogP contribution in [0.2, 0.25) is 10.0 Å². The second-order valence-electron chi connectivity index (χ2n) is 9.31. The van der Waals surface area contributed by atoms with Crippen LogP contribution < -0.4 is 15.5 Å². The van der Waals surface area contributed by atoms with Gasteiger partial charge >= 0.3 is 6.18 Å². The molecule has 2 aliphatic heterocycles. The summed E-state index contributed by atoms with van der Waals surface area (Å²) in [6, 6.07) is 7.36. The van der Waals surface area contributed by atoms with E-state index < -0.39 is 24.3 Å². The lowest BCUT2D eigenvalue weighted by molar-refractivity contribution is -0.138. The number of hydrogen-bond acceptors (Lipinski definition) is 5. The van der Waals surface area contributed by atoms with Crippen molar-refractivity contribution < 1.29 is 27.2 Å². The predicted octanol–water partition coefficient (Wildman–Crippen LogP) is 4.39. The number of carbonyl (C=O) groups is 2. The summed E-state index contributed by atoms with van der Waals surface area (Å²) in [6.45, 7) is 3.31. The van der Waals surface area contributed by atoms with Gasteiger partial charge < -0.3 is 15.5 Å². The molecule has 2 aromatic carbocycles. The Labute approximate surface area is 227 Å². The van der Waals surface area contributed by atoms with Crippen molar-refractivity contribution in [1.82, 2.24) is 15.1 Å². The van der Waals surface area contributed by atoms with Crippen LogP contribution >= 0.6 is 23.2 Å². The van der Waals surface area contributed by atoms with Gasteiger partial charge in [-0.15, -0.1) is 0 Å². The Balaban J connectivity index is 1.44. The van der Waals surface area contributed by atoms with E-state index in [0.29, 0.717) is 62.8 Å². The minimum absolute atomic E-state index is 0.0808. The molecule has 0 radical (unpaired) electrons. The van der Waals surface area contributed by atoms with Gasteiger partial charge in [-0.05, 0) is 29.8 Å². The second-order valence-corrected chi connectivity index (χ2v) is 10.1. The molecule has 0 unspecified atom stereocenters. The summed E-state index contributed by atoms with van der Waals surface area (Å²) in [7, 11) is 0. The van der Waals surface area contributed by atoms with Crippen molar-refractivity contribution in [3.63, 3.8) is 0 Å². The van der Waals surface area contributed by atoms with Crippen LogP contribution in [0.15, 0.2) is 30.3 Å². The minimum atomic E-state index is -4.21. The molecule has 206 valence electrons. The van der Waals surface area contributed by atoms with Crippen LogP contribution in [0.1, 0.15) is 22.3 Å². The van der Waals surface area contributed by atoms with Crippen LogP contribution in [0.4, 0.5) is 28.9 Å². The maximum atomic E-state index is 14.9. The van der Waals surface area contributed by atoms with E-state index in [9.17, 15) is 27.2 Å². The summed E-state index contributed by atoms with van der Waals surface area (Å²) in [5.41, 5.74) is 1.33. The van der Waals surface area contributed by atoms with Crippen LogP contribution in [0.3, 0.4) is 0 Å². The molecule has 7 nitrogen and oxygen atoms in total. The fourth-order valence-corrected chi connectivity index (χ4v) is 4.83. The fraction of sp³-hybridized carbons (Fsp3) is 0.440. The lowest BCUT2D eigenvalue weighted by atomic mass is 10.1. The van der Waals surface area contributed by atoms with Crippen LogP contribution in [0, 0.1) is 5.82 Å². The Morgan fingerprint density at radius 2 is 1.71 bits per heavy atom. The number of piperazine rings is 2. The highest BCUT2D eigenvalue weighted by Gasteiger charge is 2.29. The van der Waals surface area contributed by atoms with Crippen molar-refractivity contribution in [2.75, 3.05) is 62.6 Å². The lowest BCUT2D eigenvalue weighted by Gasteiger charge is -2.37. The highest BCUT2D eigenvalue weighted by molar-refractivity contribution is 6.42. The van der Waals surface area contributed by atoms with Crippen LogP contribution in [0.25, 0.3) is 0 Å². The van der Waals surface area contributed by atoms with Crippen molar-refractivity contribution in [2.45, 2.75) is 19.1 Å². The molecule has 0 spiro atoms. The summed E-state index contributed by atoms with van der Waals surface area (Å²) in [4.78, 5) is 30.1. The molecule has 2 amide bonds. The Kier molecular flexibility index (Phi) is 9.02. The van der Waals surface area contributed by atoms with Gasteiger partial charge in [-0.2, -0.15) is 13.2 Å². The number of benzene rings is 2. The molecule has 2 saturated heterocycles. The Bertz CT molecular complexity index is 1190. The van der Waals surface area contributed by atoms with Gasteiger partial charge in [-0.1, -0.05) is 29.3 Å². The number of hydrogen-bond donors (Lipinski definition) is 2. The molecular formula is C25H27Cl2F4N5O2. The number of nitrogens with one attached hydrogen (secondary N) is 2. The highest BCUT2D eigenvalue weighted by Crippen LogP contribution is 2.36. The molecule has 2 aliphatic rings. The van der Waals surface area contributed by atoms with E-state index in [1.165, 1.54) is 18.2 Å². The molecule has 0 aromatic heterocycles. The van der Waals surface area contributed by atoms with Crippen molar-refractivity contribution in [1.29, 1.82) is 0 Å². The molecule has 38 heavy (non-hydrogen) atoms. The van der Waals surface area contributed by atoms with E-state index >= 15 is 0 Å². The van der Waals surface area contributed by atoms with Crippen LogP contribution in [0.5, 0.6) is 0 Å². The predicted molar refractivity (Wildman–Crippen MR) is 138 cm³/mol. The first-order valence-corrected chi connectivity index (χ1v) is 12.9. The van der Waals surface area contributed by atoms with E-state index in [-0.39, 0.29) is 34.6 Å². The van der Waals surface area contributed by atoms with Gasteiger partial charge in [0.15, 0.2) is 0 Å². The molecule has 13 heteroatoms. The number of amides is 2. The van der Waals surface area contributed by atoms with Gasteiger partial charge in [-0.3, -0.25) is 19.4 Å². The third-order valence-electron chi connectivity index (χ3n) is 6.51. The quantitative estimate of drug-likeness (QED) is 0.479. The summed E-state index contributed by atoms with van der Waals surface area (Å²) in [5, 5.41) is 5.88. The number of rotatable bonds is 7. The van der Waals surface area contributed by atoms with Gasteiger partial charge in [0, 0.05) is 52.4 Å². The third-order valence-corrected chi connectivity index (χ3v) is 7.24. The molecule has 2 aromatic rings. The van der Waals surface area contributed by atoms with Crippen molar-refractivity contribution >= 4 is 46.4 Å². The number of alkyl halides is 3. The molecule has 0 aliphatic carbocycles. The van der Waals surface area contributed by atoms with E-state index in [4.69, 9.17) is 23.2 Å². The number of anilines is 2.